The van der Waals surface area contributed by atoms with Crippen LogP contribution in [0.2, 0.25) is 0 Å². The van der Waals surface area contributed by atoms with E-state index in [1.807, 2.05) is 0 Å². The average Bonchev–Trinajstić information content (AvgIpc) is 2.26. The Morgan fingerprint density at radius 3 is 2.68 bits per heavy atom. The van der Waals surface area contributed by atoms with Crippen molar-refractivity contribution in [2.75, 3.05) is 0 Å². The molecule has 0 aliphatic carbocycles. The predicted molar refractivity (Wildman–Crippen MR) is 56.8 cm³/mol. The Labute approximate surface area is 106 Å². The molecule has 1 atom stereocenters. The number of hydrogen-bond donors (Lipinski definition) is 1. The van der Waals surface area contributed by atoms with E-state index in [1.165, 1.54) is 12.1 Å². The zero-order valence-electron chi connectivity index (χ0n) is 9.48. The molecule has 0 unspecified atom stereocenters. The van der Waals surface area contributed by atoms with Crippen molar-refractivity contribution in [3.63, 3.8) is 0 Å². The summed E-state index contributed by atoms with van der Waals surface area (Å²) in [6, 6.07) is 6.54. The Bertz CT molecular complexity index is 497. The number of ether oxygens (including phenoxy) is 2. The molecule has 0 fully saturated rings. The number of rotatable bonds is 4. The maximum atomic E-state index is 12.1. The highest BCUT2D eigenvalue weighted by atomic mass is 19.4. The minimum atomic E-state index is -4.83. The standard InChI is InChI=1S/C11H9F3N2O3/c12-11(13,14)19-8-3-1-2-7(6-8)9(4-5-15)18-10(16)17/h1-3,6,9H,4H2,(H2,16,17)/t9-/m0/s1. The molecule has 0 aliphatic heterocycles. The second kappa shape index (κ2) is 5.95. The molecule has 5 nitrogen and oxygen atoms in total. The van der Waals surface area contributed by atoms with E-state index in [9.17, 15) is 18.0 Å². The van der Waals surface area contributed by atoms with Crippen LogP contribution in [0.1, 0.15) is 18.1 Å². The molecule has 8 heteroatoms. The predicted octanol–water partition coefficient (Wildman–Crippen LogP) is 2.64. The van der Waals surface area contributed by atoms with E-state index in [0.717, 1.165) is 12.1 Å². The molecular formula is C11H9F3N2O3. The molecular weight excluding hydrogens is 265 g/mol. The number of halogens is 3. The Balaban J connectivity index is 2.95. The van der Waals surface area contributed by atoms with E-state index >= 15 is 0 Å². The maximum absolute atomic E-state index is 12.1. The summed E-state index contributed by atoms with van der Waals surface area (Å²) in [7, 11) is 0. The quantitative estimate of drug-likeness (QED) is 0.914. The monoisotopic (exact) mass is 274 g/mol. The molecule has 1 amide bonds. The van der Waals surface area contributed by atoms with Crippen molar-refractivity contribution in [1.29, 1.82) is 5.26 Å². The van der Waals surface area contributed by atoms with E-state index in [0.29, 0.717) is 0 Å². The van der Waals surface area contributed by atoms with Crippen molar-refractivity contribution >= 4 is 6.09 Å². The van der Waals surface area contributed by atoms with Gasteiger partial charge in [-0.1, -0.05) is 12.1 Å². The lowest BCUT2D eigenvalue weighted by molar-refractivity contribution is -0.274. The van der Waals surface area contributed by atoms with Crippen LogP contribution in [-0.2, 0) is 4.74 Å². The van der Waals surface area contributed by atoms with Crippen molar-refractivity contribution in [3.05, 3.63) is 29.8 Å². The Morgan fingerprint density at radius 1 is 1.47 bits per heavy atom. The van der Waals surface area contributed by atoms with Crippen molar-refractivity contribution in [2.45, 2.75) is 18.9 Å². The van der Waals surface area contributed by atoms with Gasteiger partial charge in [-0.05, 0) is 17.7 Å². The maximum Gasteiger partial charge on any atom is 0.573 e. The third-order valence-corrected chi connectivity index (χ3v) is 2.00. The lowest BCUT2D eigenvalue weighted by Crippen LogP contribution is -2.19. The van der Waals surface area contributed by atoms with E-state index in [-0.39, 0.29) is 12.0 Å². The molecule has 0 saturated heterocycles. The topological polar surface area (TPSA) is 85.3 Å². The SMILES string of the molecule is N#CC[C@H](OC(N)=O)c1cccc(OC(F)(F)F)c1. The van der Waals surface area contributed by atoms with Gasteiger partial charge in [-0.2, -0.15) is 5.26 Å². The first-order valence-corrected chi connectivity index (χ1v) is 5.00. The summed E-state index contributed by atoms with van der Waals surface area (Å²) in [6.07, 6.45) is -7.23. The number of nitriles is 1. The molecule has 1 aromatic carbocycles. The second-order valence-corrected chi connectivity index (χ2v) is 3.41. The number of benzene rings is 1. The number of hydrogen-bond acceptors (Lipinski definition) is 4. The van der Waals surface area contributed by atoms with Crippen LogP contribution in [0.5, 0.6) is 5.75 Å². The van der Waals surface area contributed by atoms with E-state index in [4.69, 9.17) is 11.0 Å². The molecule has 2 N–H and O–H groups in total. The zero-order valence-corrected chi connectivity index (χ0v) is 9.48. The van der Waals surface area contributed by atoms with Crippen molar-refractivity contribution in [3.8, 4) is 11.8 Å². The van der Waals surface area contributed by atoms with Crippen LogP contribution in [-0.4, -0.2) is 12.5 Å². The molecule has 1 rings (SSSR count). The largest absolute Gasteiger partial charge is 0.573 e. The first-order valence-electron chi connectivity index (χ1n) is 5.00. The van der Waals surface area contributed by atoms with Gasteiger partial charge in [0.25, 0.3) is 0 Å². The van der Waals surface area contributed by atoms with E-state index in [1.54, 1.807) is 6.07 Å². The van der Waals surface area contributed by atoms with Crippen LogP contribution in [0, 0.1) is 11.3 Å². The fourth-order valence-electron chi connectivity index (χ4n) is 1.36. The highest BCUT2D eigenvalue weighted by molar-refractivity contribution is 5.65. The summed E-state index contributed by atoms with van der Waals surface area (Å²) < 4.78 is 44.5. The smallest absolute Gasteiger partial charge is 0.440 e. The minimum absolute atomic E-state index is 0.183. The van der Waals surface area contributed by atoms with Crippen LogP contribution >= 0.6 is 0 Å². The van der Waals surface area contributed by atoms with Crippen molar-refractivity contribution < 1.29 is 27.4 Å². The highest BCUT2D eigenvalue weighted by Gasteiger charge is 2.31. The normalized spacial score (nSPS) is 12.3. The third kappa shape index (κ3) is 5.16. The fraction of sp³-hybridized carbons (Fsp3) is 0.273. The number of nitrogens with two attached hydrogens (primary N) is 1. The number of nitrogens with zero attached hydrogens (tertiary/aromatic N) is 1. The lowest BCUT2D eigenvalue weighted by atomic mass is 10.1. The summed E-state index contributed by atoms with van der Waals surface area (Å²) in [6.45, 7) is 0. The van der Waals surface area contributed by atoms with Gasteiger partial charge < -0.3 is 15.2 Å². The van der Waals surface area contributed by atoms with Crippen LogP contribution in [0.25, 0.3) is 0 Å². The van der Waals surface area contributed by atoms with Gasteiger partial charge in [0.05, 0.1) is 12.5 Å². The van der Waals surface area contributed by atoms with Gasteiger partial charge in [-0.15, -0.1) is 13.2 Å². The molecule has 0 aromatic heterocycles. The zero-order chi connectivity index (χ0) is 14.5. The van der Waals surface area contributed by atoms with E-state index < -0.39 is 24.3 Å². The molecule has 1 aromatic rings. The molecule has 102 valence electrons. The van der Waals surface area contributed by atoms with Crippen LogP contribution in [0.15, 0.2) is 24.3 Å². The van der Waals surface area contributed by atoms with Gasteiger partial charge in [0.1, 0.15) is 11.9 Å². The van der Waals surface area contributed by atoms with Crippen molar-refractivity contribution in [1.82, 2.24) is 0 Å². The Morgan fingerprint density at radius 2 is 2.16 bits per heavy atom. The van der Waals surface area contributed by atoms with Gasteiger partial charge in [-0.25, -0.2) is 4.79 Å². The Hall–Kier alpha value is -2.43. The fourth-order valence-corrected chi connectivity index (χ4v) is 1.36. The summed E-state index contributed by atoms with van der Waals surface area (Å²) in [5.41, 5.74) is 5.00. The first kappa shape index (κ1) is 14.6. The number of primary amides is 1. The van der Waals surface area contributed by atoms with E-state index in [2.05, 4.69) is 9.47 Å². The second-order valence-electron chi connectivity index (χ2n) is 3.41. The van der Waals surface area contributed by atoms with Crippen LogP contribution in [0.4, 0.5) is 18.0 Å². The summed E-state index contributed by atoms with van der Waals surface area (Å²) in [5, 5.41) is 8.57. The number of carbonyl (C=O) groups excluding carboxylic acids is 1. The molecule has 19 heavy (non-hydrogen) atoms. The average molecular weight is 274 g/mol. The van der Waals surface area contributed by atoms with Gasteiger partial charge in [0.15, 0.2) is 0 Å². The summed E-state index contributed by atoms with van der Waals surface area (Å²) in [5.74, 6) is -0.471. The lowest BCUT2D eigenvalue weighted by Gasteiger charge is -2.15. The first-order chi connectivity index (χ1) is 8.81. The van der Waals surface area contributed by atoms with Crippen LogP contribution < -0.4 is 10.5 Å². The number of alkyl halides is 3. The van der Waals surface area contributed by atoms with Crippen molar-refractivity contribution in [2.24, 2.45) is 5.73 Å². The molecule has 0 aliphatic rings. The van der Waals surface area contributed by atoms with Gasteiger partial charge >= 0.3 is 12.5 Å². The van der Waals surface area contributed by atoms with Gasteiger partial charge in [-0.3, -0.25) is 0 Å². The summed E-state index contributed by atoms with van der Waals surface area (Å²) >= 11 is 0. The van der Waals surface area contributed by atoms with Gasteiger partial charge in [0, 0.05) is 0 Å². The van der Waals surface area contributed by atoms with Gasteiger partial charge in [0.2, 0.25) is 0 Å². The molecule has 0 spiro atoms. The number of carbonyl (C=O) groups is 1. The minimum Gasteiger partial charge on any atom is -0.440 e. The highest BCUT2D eigenvalue weighted by Crippen LogP contribution is 2.28. The van der Waals surface area contributed by atoms with Crippen LogP contribution in [0.3, 0.4) is 0 Å². The molecule has 0 bridgehead atoms. The molecule has 0 radical (unpaired) electrons. The third-order valence-electron chi connectivity index (χ3n) is 2.00. The Kier molecular flexibility index (Phi) is 4.58. The molecule has 0 saturated carbocycles. The molecule has 0 heterocycles. The number of amides is 1. The summed E-state index contributed by atoms with van der Waals surface area (Å²) in [4.78, 5) is 10.7.